The third kappa shape index (κ3) is 2.58. The molecule has 0 saturated carbocycles. The Morgan fingerprint density at radius 2 is 2.37 bits per heavy atom. The minimum Gasteiger partial charge on any atom is -0.482 e. The van der Waals surface area contributed by atoms with Crippen LogP contribution in [0.5, 0.6) is 5.75 Å². The first-order valence-corrected chi connectivity index (χ1v) is 6.44. The molecule has 1 aromatic rings. The fraction of sp³-hybridized carbons (Fsp3) is 0.462. The summed E-state index contributed by atoms with van der Waals surface area (Å²) in [5, 5.41) is 6.03. The van der Waals surface area contributed by atoms with Crippen LogP contribution in [-0.4, -0.2) is 31.8 Å². The molecule has 2 heterocycles. The minimum absolute atomic E-state index is 0.0368. The molecule has 1 aromatic carbocycles. The van der Waals surface area contributed by atoms with Gasteiger partial charge in [-0.2, -0.15) is 0 Å². The molecule has 6 heteroatoms. The van der Waals surface area contributed by atoms with E-state index in [1.54, 1.807) is 12.1 Å². The highest BCUT2D eigenvalue weighted by Gasteiger charge is 2.19. The smallest absolute Gasteiger partial charge is 0.262 e. The van der Waals surface area contributed by atoms with Gasteiger partial charge in [-0.25, -0.2) is 0 Å². The fourth-order valence-electron chi connectivity index (χ4n) is 2.32. The topological polar surface area (TPSA) is 85.6 Å². The quantitative estimate of drug-likeness (QED) is 0.713. The second kappa shape index (κ2) is 4.97. The number of nitrogens with one attached hydrogen (secondary N) is 2. The molecule has 1 fully saturated rings. The molecule has 1 unspecified atom stereocenters. The van der Waals surface area contributed by atoms with Gasteiger partial charge in [0.05, 0.1) is 23.2 Å². The Labute approximate surface area is 111 Å². The van der Waals surface area contributed by atoms with E-state index in [4.69, 9.17) is 15.2 Å². The van der Waals surface area contributed by atoms with Crippen LogP contribution in [0.1, 0.15) is 12.8 Å². The van der Waals surface area contributed by atoms with Crippen molar-refractivity contribution >= 4 is 23.0 Å². The summed E-state index contributed by atoms with van der Waals surface area (Å²) >= 11 is 0. The maximum absolute atomic E-state index is 11.3. The molecule has 0 radical (unpaired) electrons. The Kier molecular flexibility index (Phi) is 3.16. The van der Waals surface area contributed by atoms with Gasteiger partial charge in [-0.15, -0.1) is 0 Å². The number of fused-ring (bicyclic) bond motifs is 1. The molecular formula is C13H17N3O3. The van der Waals surface area contributed by atoms with Gasteiger partial charge in [0.25, 0.3) is 5.91 Å². The number of ether oxygens (including phenoxy) is 2. The SMILES string of the molecule is Nc1cc2c(cc1NCC1CCCO1)NC(=O)CO2. The van der Waals surface area contributed by atoms with Crippen LogP contribution in [0.2, 0.25) is 0 Å². The van der Waals surface area contributed by atoms with E-state index in [1.807, 2.05) is 0 Å². The lowest BCUT2D eigenvalue weighted by Crippen LogP contribution is -2.26. The molecule has 3 rings (SSSR count). The molecule has 0 bridgehead atoms. The van der Waals surface area contributed by atoms with E-state index in [0.717, 1.165) is 31.7 Å². The van der Waals surface area contributed by atoms with Crippen molar-refractivity contribution in [2.24, 2.45) is 0 Å². The number of carbonyl (C=O) groups is 1. The first-order valence-electron chi connectivity index (χ1n) is 6.44. The van der Waals surface area contributed by atoms with Crippen LogP contribution < -0.4 is 21.1 Å². The molecule has 1 atom stereocenters. The van der Waals surface area contributed by atoms with Gasteiger partial charge in [-0.05, 0) is 18.9 Å². The molecule has 1 amide bonds. The van der Waals surface area contributed by atoms with Crippen LogP contribution >= 0.6 is 0 Å². The van der Waals surface area contributed by atoms with Crippen molar-refractivity contribution in [3.8, 4) is 5.75 Å². The molecule has 0 aromatic heterocycles. The number of hydrogen-bond donors (Lipinski definition) is 3. The van der Waals surface area contributed by atoms with Gasteiger partial charge in [0.1, 0.15) is 5.75 Å². The summed E-state index contributed by atoms with van der Waals surface area (Å²) in [5.41, 5.74) is 8.02. The summed E-state index contributed by atoms with van der Waals surface area (Å²) in [4.78, 5) is 11.3. The van der Waals surface area contributed by atoms with Gasteiger partial charge in [0.15, 0.2) is 6.61 Å². The normalized spacial score (nSPS) is 21.5. The number of nitrogens with two attached hydrogens (primary N) is 1. The van der Waals surface area contributed by atoms with Crippen molar-refractivity contribution < 1.29 is 14.3 Å². The highest BCUT2D eigenvalue weighted by Crippen LogP contribution is 2.35. The van der Waals surface area contributed by atoms with E-state index in [1.165, 1.54) is 0 Å². The van der Waals surface area contributed by atoms with Gasteiger partial charge < -0.3 is 25.8 Å². The lowest BCUT2D eigenvalue weighted by Gasteiger charge is -2.21. The van der Waals surface area contributed by atoms with Crippen molar-refractivity contribution in [3.63, 3.8) is 0 Å². The van der Waals surface area contributed by atoms with Crippen LogP contribution in [0.4, 0.5) is 17.1 Å². The molecular weight excluding hydrogens is 246 g/mol. The summed E-state index contributed by atoms with van der Waals surface area (Å²) in [7, 11) is 0. The Morgan fingerprint density at radius 1 is 1.47 bits per heavy atom. The largest absolute Gasteiger partial charge is 0.482 e. The van der Waals surface area contributed by atoms with Gasteiger partial charge in [0, 0.05) is 19.2 Å². The summed E-state index contributed by atoms with van der Waals surface area (Å²) < 4.78 is 10.9. The van der Waals surface area contributed by atoms with Gasteiger partial charge in [-0.3, -0.25) is 4.79 Å². The molecule has 6 nitrogen and oxygen atoms in total. The number of nitrogen functional groups attached to an aromatic ring is 1. The zero-order chi connectivity index (χ0) is 13.2. The number of rotatable bonds is 3. The van der Waals surface area contributed by atoms with Gasteiger partial charge >= 0.3 is 0 Å². The van der Waals surface area contributed by atoms with Crippen molar-refractivity contribution in [3.05, 3.63) is 12.1 Å². The lowest BCUT2D eigenvalue weighted by molar-refractivity contribution is -0.118. The predicted octanol–water partition coefficient (Wildman–Crippen LogP) is 1.19. The third-order valence-electron chi connectivity index (χ3n) is 3.33. The third-order valence-corrected chi connectivity index (χ3v) is 3.33. The van der Waals surface area contributed by atoms with E-state index in [2.05, 4.69) is 10.6 Å². The zero-order valence-corrected chi connectivity index (χ0v) is 10.6. The fourth-order valence-corrected chi connectivity index (χ4v) is 2.32. The molecule has 2 aliphatic heterocycles. The Balaban J connectivity index is 1.73. The first-order chi connectivity index (χ1) is 9.22. The van der Waals surface area contributed by atoms with E-state index >= 15 is 0 Å². The average Bonchev–Trinajstić information content (AvgIpc) is 2.90. The second-order valence-electron chi connectivity index (χ2n) is 4.79. The first kappa shape index (κ1) is 12.1. The molecule has 102 valence electrons. The van der Waals surface area contributed by atoms with Crippen LogP contribution in [0, 0.1) is 0 Å². The minimum atomic E-state index is -0.151. The Hall–Kier alpha value is -1.95. The predicted molar refractivity (Wildman–Crippen MR) is 72.4 cm³/mol. The Morgan fingerprint density at radius 3 is 3.16 bits per heavy atom. The monoisotopic (exact) mass is 263 g/mol. The molecule has 2 aliphatic rings. The highest BCUT2D eigenvalue weighted by atomic mass is 16.5. The zero-order valence-electron chi connectivity index (χ0n) is 10.6. The number of amides is 1. The van der Waals surface area contributed by atoms with Crippen LogP contribution in [0.3, 0.4) is 0 Å². The second-order valence-corrected chi connectivity index (χ2v) is 4.79. The number of hydrogen-bond acceptors (Lipinski definition) is 5. The van der Waals surface area contributed by atoms with E-state index in [-0.39, 0.29) is 18.6 Å². The summed E-state index contributed by atoms with van der Waals surface area (Å²) in [6, 6.07) is 3.53. The van der Waals surface area contributed by atoms with Crippen LogP contribution in [-0.2, 0) is 9.53 Å². The average molecular weight is 263 g/mol. The van der Waals surface area contributed by atoms with Gasteiger partial charge in [0.2, 0.25) is 0 Å². The maximum atomic E-state index is 11.3. The molecule has 4 N–H and O–H groups in total. The van der Waals surface area contributed by atoms with Crippen molar-refractivity contribution in [1.82, 2.24) is 0 Å². The molecule has 0 aliphatic carbocycles. The van der Waals surface area contributed by atoms with E-state index in [9.17, 15) is 4.79 Å². The summed E-state index contributed by atoms with van der Waals surface area (Å²) in [5.74, 6) is 0.460. The molecule has 1 saturated heterocycles. The van der Waals surface area contributed by atoms with Crippen molar-refractivity contribution in [2.75, 3.05) is 36.1 Å². The van der Waals surface area contributed by atoms with Gasteiger partial charge in [-0.1, -0.05) is 0 Å². The lowest BCUT2D eigenvalue weighted by atomic mass is 10.2. The van der Waals surface area contributed by atoms with Crippen LogP contribution in [0.15, 0.2) is 12.1 Å². The number of benzene rings is 1. The standard InChI is InChI=1S/C13H17N3O3/c14-9-4-12-11(16-13(17)7-19-12)5-10(9)15-6-8-2-1-3-18-8/h4-5,8,15H,1-3,6-7,14H2,(H,16,17). The molecule has 19 heavy (non-hydrogen) atoms. The van der Waals surface area contributed by atoms with Crippen molar-refractivity contribution in [1.29, 1.82) is 0 Å². The maximum Gasteiger partial charge on any atom is 0.262 e. The van der Waals surface area contributed by atoms with E-state index in [0.29, 0.717) is 17.1 Å². The number of anilines is 3. The van der Waals surface area contributed by atoms with Crippen LogP contribution in [0.25, 0.3) is 0 Å². The summed E-state index contributed by atoms with van der Waals surface area (Å²) in [6.45, 7) is 1.59. The Bertz CT molecular complexity index is 498. The molecule has 0 spiro atoms. The van der Waals surface area contributed by atoms with Crippen molar-refractivity contribution in [2.45, 2.75) is 18.9 Å². The summed E-state index contributed by atoms with van der Waals surface area (Å²) in [6.07, 6.45) is 2.41. The van der Waals surface area contributed by atoms with E-state index < -0.39 is 0 Å². The number of carbonyl (C=O) groups excluding carboxylic acids is 1. The highest BCUT2D eigenvalue weighted by molar-refractivity contribution is 5.97.